The zero-order valence-electron chi connectivity index (χ0n) is 16.0. The molecule has 2 aromatic rings. The van der Waals surface area contributed by atoms with Crippen LogP contribution in [0.25, 0.3) is 0 Å². The van der Waals surface area contributed by atoms with E-state index in [1.165, 1.54) is 11.1 Å². The number of pyridine rings is 2. The molecule has 0 aliphatic carbocycles. The second kappa shape index (κ2) is 8.30. The van der Waals surface area contributed by atoms with Crippen LogP contribution in [0, 0.1) is 0 Å². The van der Waals surface area contributed by atoms with E-state index in [4.69, 9.17) is 9.97 Å². The Balaban J connectivity index is 2.55. The van der Waals surface area contributed by atoms with Gasteiger partial charge < -0.3 is 0 Å². The minimum absolute atomic E-state index is 0.266. The molecule has 0 aliphatic rings. The van der Waals surface area contributed by atoms with E-state index < -0.39 is 0 Å². The van der Waals surface area contributed by atoms with Crippen molar-refractivity contribution in [3.8, 4) is 0 Å². The zero-order chi connectivity index (χ0) is 18.8. The molecule has 0 spiro atoms. The molecule has 0 aromatic carbocycles. The first-order chi connectivity index (χ1) is 11.7. The lowest BCUT2D eigenvalue weighted by Crippen LogP contribution is -2.23. The Labute approximate surface area is 169 Å². The van der Waals surface area contributed by atoms with Crippen molar-refractivity contribution in [2.24, 2.45) is 0 Å². The lowest BCUT2D eigenvalue weighted by Gasteiger charge is -2.26. The molecule has 0 radical (unpaired) electrons. The van der Waals surface area contributed by atoms with Crippen molar-refractivity contribution in [1.82, 2.24) is 9.97 Å². The van der Waals surface area contributed by atoms with Crippen molar-refractivity contribution in [2.75, 3.05) is 0 Å². The Morgan fingerprint density at radius 2 is 1.16 bits per heavy atom. The highest BCUT2D eigenvalue weighted by atomic mass is 79.9. The normalized spacial score (nSPS) is 14.4. The van der Waals surface area contributed by atoms with Crippen LogP contribution in [0.1, 0.15) is 88.7 Å². The number of aromatic nitrogens is 2. The summed E-state index contributed by atoms with van der Waals surface area (Å²) < 4.78 is 1.79. The Morgan fingerprint density at radius 3 is 1.48 bits per heavy atom. The fourth-order valence-electron chi connectivity index (χ4n) is 2.85. The van der Waals surface area contributed by atoms with Gasteiger partial charge in [-0.3, -0.25) is 0 Å². The van der Waals surface area contributed by atoms with Crippen LogP contribution >= 0.6 is 31.9 Å². The third-order valence-corrected chi connectivity index (χ3v) is 6.09. The minimum Gasteiger partial charge on any atom is -0.245 e. The van der Waals surface area contributed by atoms with Crippen molar-refractivity contribution >= 4 is 31.9 Å². The largest absolute Gasteiger partial charge is 0.245 e. The van der Waals surface area contributed by atoms with Gasteiger partial charge in [-0.2, -0.15) is 0 Å². The van der Waals surface area contributed by atoms with Gasteiger partial charge in [0.05, 0.1) is 11.4 Å². The summed E-state index contributed by atoms with van der Waals surface area (Å²) in [6.45, 7) is 13.4. The fourth-order valence-corrected chi connectivity index (χ4v) is 3.76. The summed E-state index contributed by atoms with van der Waals surface area (Å²) in [4.78, 5) is 9.57. The van der Waals surface area contributed by atoms with Gasteiger partial charge in [0, 0.05) is 5.41 Å². The third kappa shape index (κ3) is 4.71. The summed E-state index contributed by atoms with van der Waals surface area (Å²) in [6, 6.07) is 8.74. The first-order valence-corrected chi connectivity index (χ1v) is 10.6. The molecular weight excluding hydrogens is 440 g/mol. The highest BCUT2D eigenvalue weighted by molar-refractivity contribution is 9.10. The van der Waals surface area contributed by atoms with Gasteiger partial charge in [-0.15, -0.1) is 0 Å². The second-order valence-electron chi connectivity index (χ2n) is 7.46. The van der Waals surface area contributed by atoms with E-state index in [-0.39, 0.29) is 5.41 Å². The molecule has 0 saturated carbocycles. The first-order valence-electron chi connectivity index (χ1n) is 9.04. The molecule has 2 unspecified atom stereocenters. The molecule has 0 N–H and O–H groups in total. The standard InChI is InChI=1S/C21H28Br2N2/c1-7-13(3)15-9-17(24-19(22)11-15)21(5,6)18-10-16(14(4)8-2)12-20(23)25-18/h9-14H,7-8H2,1-6H3. The lowest BCUT2D eigenvalue weighted by molar-refractivity contribution is 0.584. The molecule has 0 amide bonds. The van der Waals surface area contributed by atoms with E-state index in [0.29, 0.717) is 11.8 Å². The SMILES string of the molecule is CCC(C)c1cc(Br)nc(C(C)(C)c2cc(C(C)CC)cc(Br)n2)c1. The predicted molar refractivity (Wildman–Crippen MR) is 113 cm³/mol. The smallest absolute Gasteiger partial charge is 0.106 e. The summed E-state index contributed by atoms with van der Waals surface area (Å²) >= 11 is 7.20. The highest BCUT2D eigenvalue weighted by Crippen LogP contribution is 2.35. The van der Waals surface area contributed by atoms with Crippen molar-refractivity contribution in [3.63, 3.8) is 0 Å². The zero-order valence-corrected chi connectivity index (χ0v) is 19.2. The first kappa shape index (κ1) is 20.6. The Bertz CT molecular complexity index is 679. The van der Waals surface area contributed by atoms with Gasteiger partial charge in [0.15, 0.2) is 0 Å². The van der Waals surface area contributed by atoms with E-state index in [1.807, 2.05) is 0 Å². The topological polar surface area (TPSA) is 25.8 Å². The monoisotopic (exact) mass is 466 g/mol. The third-order valence-electron chi connectivity index (χ3n) is 5.28. The number of hydrogen-bond donors (Lipinski definition) is 0. The van der Waals surface area contributed by atoms with Gasteiger partial charge in [-0.25, -0.2) is 9.97 Å². The summed E-state index contributed by atoms with van der Waals surface area (Å²) in [5.41, 5.74) is 4.49. The quantitative estimate of drug-likeness (QED) is 0.414. The van der Waals surface area contributed by atoms with Crippen LogP contribution in [0.4, 0.5) is 0 Å². The summed E-state index contributed by atoms with van der Waals surface area (Å²) in [7, 11) is 0. The maximum atomic E-state index is 4.78. The van der Waals surface area contributed by atoms with E-state index in [9.17, 15) is 0 Å². The number of rotatable bonds is 6. The second-order valence-corrected chi connectivity index (χ2v) is 9.09. The Kier molecular flexibility index (Phi) is 6.83. The summed E-state index contributed by atoms with van der Waals surface area (Å²) in [5.74, 6) is 1.03. The molecule has 0 fully saturated rings. The molecule has 4 heteroatoms. The molecule has 0 bridgehead atoms. The average Bonchev–Trinajstić information content (AvgIpc) is 2.59. The van der Waals surface area contributed by atoms with Gasteiger partial charge >= 0.3 is 0 Å². The van der Waals surface area contributed by atoms with Gasteiger partial charge in [0.2, 0.25) is 0 Å². The van der Waals surface area contributed by atoms with Crippen LogP contribution in [0.5, 0.6) is 0 Å². The van der Waals surface area contributed by atoms with Crippen LogP contribution in [0.2, 0.25) is 0 Å². The molecule has 0 saturated heterocycles. The van der Waals surface area contributed by atoms with E-state index in [2.05, 4.69) is 97.7 Å². The molecule has 25 heavy (non-hydrogen) atoms. The van der Waals surface area contributed by atoms with Gasteiger partial charge in [-0.05, 0) is 106 Å². The van der Waals surface area contributed by atoms with E-state index >= 15 is 0 Å². The maximum Gasteiger partial charge on any atom is 0.106 e. The molecule has 2 heterocycles. The number of nitrogens with zero attached hydrogens (tertiary/aromatic N) is 2. The average molecular weight is 468 g/mol. The molecule has 2 atom stereocenters. The van der Waals surface area contributed by atoms with Crippen molar-refractivity contribution in [2.45, 2.75) is 71.6 Å². The highest BCUT2D eigenvalue weighted by Gasteiger charge is 2.28. The van der Waals surface area contributed by atoms with Gasteiger partial charge in [-0.1, -0.05) is 27.7 Å². The van der Waals surface area contributed by atoms with Gasteiger partial charge in [0.25, 0.3) is 0 Å². The van der Waals surface area contributed by atoms with E-state index in [1.54, 1.807) is 0 Å². The van der Waals surface area contributed by atoms with Crippen LogP contribution in [0.3, 0.4) is 0 Å². The molecular formula is C21H28Br2N2. The van der Waals surface area contributed by atoms with Crippen molar-refractivity contribution in [1.29, 1.82) is 0 Å². The van der Waals surface area contributed by atoms with Crippen LogP contribution in [0.15, 0.2) is 33.5 Å². The van der Waals surface area contributed by atoms with Gasteiger partial charge in [0.1, 0.15) is 9.21 Å². The fraction of sp³-hybridized carbons (Fsp3) is 0.524. The molecule has 0 aliphatic heterocycles. The molecule has 2 aromatic heterocycles. The Morgan fingerprint density at radius 1 is 0.800 bits per heavy atom. The summed E-state index contributed by atoms with van der Waals surface area (Å²) in [5, 5.41) is 0. The Hall–Kier alpha value is -0.740. The summed E-state index contributed by atoms with van der Waals surface area (Å²) in [6.07, 6.45) is 2.23. The van der Waals surface area contributed by atoms with E-state index in [0.717, 1.165) is 33.4 Å². The number of halogens is 2. The van der Waals surface area contributed by atoms with Crippen LogP contribution < -0.4 is 0 Å². The minimum atomic E-state index is -0.266. The van der Waals surface area contributed by atoms with Crippen LogP contribution in [-0.4, -0.2) is 9.97 Å². The molecule has 136 valence electrons. The van der Waals surface area contributed by atoms with Crippen LogP contribution in [-0.2, 0) is 5.41 Å². The maximum absolute atomic E-state index is 4.78. The van der Waals surface area contributed by atoms with Crippen molar-refractivity contribution < 1.29 is 0 Å². The molecule has 2 rings (SSSR count). The predicted octanol–water partition coefficient (Wildman–Crippen LogP) is 7.35. The molecule has 2 nitrogen and oxygen atoms in total. The lowest BCUT2D eigenvalue weighted by atomic mass is 9.82. The van der Waals surface area contributed by atoms with Crippen molar-refractivity contribution in [3.05, 3.63) is 56.0 Å². The number of hydrogen-bond acceptors (Lipinski definition) is 2.